The molecule has 2 atom stereocenters. The Labute approximate surface area is 122 Å². The summed E-state index contributed by atoms with van der Waals surface area (Å²) in [5, 5.41) is 0.463. The summed E-state index contributed by atoms with van der Waals surface area (Å²) in [6.45, 7) is 2.17. The number of benzene rings is 1. The van der Waals surface area contributed by atoms with Gasteiger partial charge in [-0.15, -0.1) is 0 Å². The lowest BCUT2D eigenvalue weighted by Crippen LogP contribution is -2.40. The van der Waals surface area contributed by atoms with Gasteiger partial charge in [0.1, 0.15) is 17.3 Å². The fourth-order valence-corrected chi connectivity index (χ4v) is 3.39. The maximum atomic E-state index is 14.1. The third kappa shape index (κ3) is 3.10. The van der Waals surface area contributed by atoms with Gasteiger partial charge in [-0.25, -0.2) is 8.78 Å². The van der Waals surface area contributed by atoms with Crippen molar-refractivity contribution in [1.82, 2.24) is 0 Å². The van der Waals surface area contributed by atoms with Gasteiger partial charge in [0.25, 0.3) is 0 Å². The minimum absolute atomic E-state index is 0.114. The largest absolute Gasteiger partial charge is 0.367 e. The van der Waals surface area contributed by atoms with Crippen LogP contribution in [0.2, 0.25) is 0 Å². The van der Waals surface area contributed by atoms with Crippen molar-refractivity contribution in [3.05, 3.63) is 29.3 Å². The van der Waals surface area contributed by atoms with Gasteiger partial charge >= 0.3 is 0 Å². The Bertz CT molecular complexity index is 427. The lowest BCUT2D eigenvalue weighted by atomic mass is 9.85. The van der Waals surface area contributed by atoms with Crippen LogP contribution in [0.5, 0.6) is 0 Å². The first-order chi connectivity index (χ1) is 9.04. The molecule has 0 spiro atoms. The highest BCUT2D eigenvalue weighted by Crippen LogP contribution is 2.33. The molecule has 0 bridgehead atoms. The van der Waals surface area contributed by atoms with Crippen LogP contribution in [0, 0.1) is 17.6 Å². The molecule has 1 fully saturated rings. The van der Waals surface area contributed by atoms with Crippen LogP contribution >= 0.6 is 15.9 Å². The average molecular weight is 332 g/mol. The molecular weight excluding hydrogens is 312 g/mol. The monoisotopic (exact) mass is 331 g/mol. The van der Waals surface area contributed by atoms with Gasteiger partial charge in [0.2, 0.25) is 0 Å². The lowest BCUT2D eigenvalue weighted by Gasteiger charge is -2.38. The van der Waals surface area contributed by atoms with Crippen molar-refractivity contribution in [2.45, 2.75) is 44.0 Å². The Morgan fingerprint density at radius 3 is 2.32 bits per heavy atom. The smallest absolute Gasteiger partial charge is 0.149 e. The van der Waals surface area contributed by atoms with E-state index < -0.39 is 11.6 Å². The second-order valence-electron chi connectivity index (χ2n) is 5.48. The van der Waals surface area contributed by atoms with Gasteiger partial charge in [0.15, 0.2) is 0 Å². The zero-order valence-electron chi connectivity index (χ0n) is 11.4. The topological polar surface area (TPSA) is 3.24 Å². The van der Waals surface area contributed by atoms with Crippen LogP contribution in [-0.2, 0) is 5.33 Å². The quantitative estimate of drug-likeness (QED) is 0.714. The molecular formula is C15H20BrF2N. The summed E-state index contributed by atoms with van der Waals surface area (Å²) in [5.41, 5.74) is 0.743. The second kappa shape index (κ2) is 6.21. The molecule has 0 heterocycles. The highest BCUT2D eigenvalue weighted by Gasteiger charge is 2.28. The lowest BCUT2D eigenvalue weighted by molar-refractivity contribution is 0.318. The molecule has 1 saturated carbocycles. The van der Waals surface area contributed by atoms with Crippen LogP contribution in [0.4, 0.5) is 14.5 Å². The number of anilines is 1. The van der Waals surface area contributed by atoms with E-state index in [0.717, 1.165) is 19.3 Å². The van der Waals surface area contributed by atoms with Crippen LogP contribution in [0.3, 0.4) is 0 Å². The molecule has 19 heavy (non-hydrogen) atoms. The van der Waals surface area contributed by atoms with Gasteiger partial charge < -0.3 is 4.90 Å². The summed E-state index contributed by atoms with van der Waals surface area (Å²) in [5.74, 6) is -0.446. The van der Waals surface area contributed by atoms with Crippen LogP contribution in [-0.4, -0.2) is 13.1 Å². The van der Waals surface area contributed by atoms with Gasteiger partial charge in [-0.2, -0.15) is 0 Å². The van der Waals surface area contributed by atoms with Crippen molar-refractivity contribution in [3.8, 4) is 0 Å². The normalized spacial score (nSPS) is 23.4. The molecule has 2 rings (SSSR count). The molecule has 1 aliphatic carbocycles. The summed E-state index contributed by atoms with van der Waals surface area (Å²) < 4.78 is 28.3. The summed E-state index contributed by atoms with van der Waals surface area (Å²) >= 11 is 3.23. The van der Waals surface area contributed by atoms with Crippen molar-refractivity contribution in [1.29, 1.82) is 0 Å². The maximum Gasteiger partial charge on any atom is 0.149 e. The molecule has 0 aromatic heterocycles. The van der Waals surface area contributed by atoms with Crippen LogP contribution in [0.25, 0.3) is 0 Å². The van der Waals surface area contributed by atoms with Crippen LogP contribution in [0.15, 0.2) is 12.1 Å². The Morgan fingerprint density at radius 2 is 1.79 bits per heavy atom. The SMILES string of the molecule is CC1CCCCC1N(C)c1c(F)cc(CBr)cc1F. The zero-order valence-corrected chi connectivity index (χ0v) is 13.0. The number of alkyl halides is 1. The van der Waals surface area contributed by atoms with E-state index in [2.05, 4.69) is 22.9 Å². The van der Waals surface area contributed by atoms with E-state index in [1.54, 1.807) is 4.90 Å². The average Bonchev–Trinajstić information content (AvgIpc) is 2.38. The molecule has 4 heteroatoms. The van der Waals surface area contributed by atoms with Gasteiger partial charge in [-0.1, -0.05) is 35.7 Å². The van der Waals surface area contributed by atoms with Crippen molar-refractivity contribution in [2.75, 3.05) is 11.9 Å². The highest BCUT2D eigenvalue weighted by molar-refractivity contribution is 9.08. The van der Waals surface area contributed by atoms with E-state index in [1.807, 2.05) is 7.05 Å². The molecule has 1 aromatic rings. The number of nitrogens with zero attached hydrogens (tertiary/aromatic N) is 1. The van der Waals surface area contributed by atoms with E-state index in [4.69, 9.17) is 0 Å². The zero-order chi connectivity index (χ0) is 14.0. The molecule has 1 aromatic carbocycles. The van der Waals surface area contributed by atoms with Crippen molar-refractivity contribution < 1.29 is 8.78 Å². The first-order valence-corrected chi connectivity index (χ1v) is 7.93. The van der Waals surface area contributed by atoms with Crippen LogP contribution in [0.1, 0.15) is 38.2 Å². The minimum Gasteiger partial charge on any atom is -0.367 e. The number of rotatable bonds is 3. The predicted octanol–water partition coefficient (Wildman–Crippen LogP) is 4.87. The summed E-state index contributed by atoms with van der Waals surface area (Å²) in [6.07, 6.45) is 4.51. The second-order valence-corrected chi connectivity index (χ2v) is 6.04. The van der Waals surface area contributed by atoms with Crippen molar-refractivity contribution >= 4 is 21.6 Å². The summed E-state index contributed by atoms with van der Waals surface area (Å²) in [4.78, 5) is 1.80. The first-order valence-electron chi connectivity index (χ1n) is 6.81. The van der Waals surface area contributed by atoms with Gasteiger partial charge in [0.05, 0.1) is 0 Å². The number of hydrogen-bond donors (Lipinski definition) is 0. The molecule has 106 valence electrons. The number of hydrogen-bond acceptors (Lipinski definition) is 1. The third-order valence-corrected chi connectivity index (χ3v) is 4.79. The molecule has 1 aliphatic rings. The fourth-order valence-electron chi connectivity index (χ4n) is 3.07. The van der Waals surface area contributed by atoms with Gasteiger partial charge in [0, 0.05) is 18.4 Å². The van der Waals surface area contributed by atoms with E-state index in [0.29, 0.717) is 16.8 Å². The Kier molecular flexibility index (Phi) is 4.82. The molecule has 0 amide bonds. The molecule has 2 unspecified atom stereocenters. The predicted molar refractivity (Wildman–Crippen MR) is 78.8 cm³/mol. The molecule has 0 N–H and O–H groups in total. The van der Waals surface area contributed by atoms with E-state index in [9.17, 15) is 8.78 Å². The Balaban J connectivity index is 2.30. The van der Waals surface area contributed by atoms with Crippen molar-refractivity contribution in [2.24, 2.45) is 5.92 Å². The fraction of sp³-hybridized carbons (Fsp3) is 0.600. The molecule has 0 radical (unpaired) electrons. The van der Waals surface area contributed by atoms with E-state index in [1.165, 1.54) is 18.6 Å². The highest BCUT2D eigenvalue weighted by atomic mass is 79.9. The minimum atomic E-state index is -0.463. The summed E-state index contributed by atoms with van der Waals surface area (Å²) in [7, 11) is 1.81. The van der Waals surface area contributed by atoms with Crippen molar-refractivity contribution in [3.63, 3.8) is 0 Å². The number of halogens is 3. The third-order valence-electron chi connectivity index (χ3n) is 4.15. The molecule has 0 aliphatic heterocycles. The van der Waals surface area contributed by atoms with Gasteiger partial charge in [-0.05, 0) is 36.5 Å². The maximum absolute atomic E-state index is 14.1. The van der Waals surface area contributed by atoms with Gasteiger partial charge in [-0.3, -0.25) is 0 Å². The Morgan fingerprint density at radius 1 is 1.21 bits per heavy atom. The Hall–Kier alpha value is -0.640. The van der Waals surface area contributed by atoms with Crippen LogP contribution < -0.4 is 4.90 Å². The molecule has 1 nitrogen and oxygen atoms in total. The first kappa shape index (κ1) is 14.8. The summed E-state index contributed by atoms with van der Waals surface area (Å²) in [6, 6.07) is 3.06. The molecule has 0 saturated heterocycles. The van der Waals surface area contributed by atoms with E-state index >= 15 is 0 Å². The van der Waals surface area contributed by atoms with E-state index in [-0.39, 0.29) is 11.7 Å². The standard InChI is InChI=1S/C15H20BrF2N/c1-10-5-3-4-6-14(10)19(2)15-12(17)7-11(9-16)8-13(15)18/h7-8,10,14H,3-6,9H2,1-2H3.